The fourth-order valence-electron chi connectivity index (χ4n) is 3.48. The molecular formula is C17H22N2O3. The van der Waals surface area contributed by atoms with Crippen molar-refractivity contribution in [1.82, 2.24) is 5.43 Å². The molecule has 1 heterocycles. The second kappa shape index (κ2) is 5.30. The molecule has 0 amide bonds. The summed E-state index contributed by atoms with van der Waals surface area (Å²) in [5.74, 6) is 1.48. The Labute approximate surface area is 130 Å². The lowest BCUT2D eigenvalue weighted by Crippen LogP contribution is -2.45. The van der Waals surface area contributed by atoms with E-state index >= 15 is 0 Å². The maximum absolute atomic E-state index is 12.6. The molecule has 5 heteroatoms. The Balaban J connectivity index is 1.95. The molecule has 22 heavy (non-hydrogen) atoms. The number of Topliss-reactive ketones (excluding diaryl/α,β-unsaturated/α-hetero) is 1. The summed E-state index contributed by atoms with van der Waals surface area (Å²) in [6, 6.07) is 5.70. The van der Waals surface area contributed by atoms with Crippen LogP contribution in [0.3, 0.4) is 0 Å². The molecular weight excluding hydrogens is 280 g/mol. The van der Waals surface area contributed by atoms with Gasteiger partial charge in [0.2, 0.25) is 0 Å². The van der Waals surface area contributed by atoms with E-state index in [1.807, 2.05) is 18.2 Å². The quantitative estimate of drug-likeness (QED) is 0.931. The van der Waals surface area contributed by atoms with Crippen molar-refractivity contribution < 1.29 is 14.3 Å². The number of hydrazone groups is 1. The summed E-state index contributed by atoms with van der Waals surface area (Å²) in [7, 11) is 3.23. The molecule has 2 atom stereocenters. The summed E-state index contributed by atoms with van der Waals surface area (Å²) in [5, 5.41) is 4.45. The van der Waals surface area contributed by atoms with Gasteiger partial charge in [0.05, 0.1) is 31.9 Å². The summed E-state index contributed by atoms with van der Waals surface area (Å²) >= 11 is 0. The smallest absolute Gasteiger partial charge is 0.144 e. The van der Waals surface area contributed by atoms with Gasteiger partial charge in [-0.25, -0.2) is 0 Å². The third-order valence-corrected chi connectivity index (χ3v) is 4.47. The molecule has 0 aromatic heterocycles. The van der Waals surface area contributed by atoms with Crippen LogP contribution >= 0.6 is 0 Å². The highest BCUT2D eigenvalue weighted by Crippen LogP contribution is 2.40. The standard InChI is InChI=1S/C17H22N2O3/c1-17(2)8-13-15(14(20)9-17)16(19-18-13)10-5-11(21-3)7-12(6-10)22-4/h5-7,13,15,18H,8-9H2,1-4H3/t13-,15+/m0/s1. The number of hydrogen-bond donors (Lipinski definition) is 1. The molecule has 0 saturated heterocycles. The van der Waals surface area contributed by atoms with Crippen molar-refractivity contribution in [1.29, 1.82) is 0 Å². The van der Waals surface area contributed by atoms with Crippen molar-refractivity contribution in [3.05, 3.63) is 23.8 Å². The number of methoxy groups -OCH3 is 2. The van der Waals surface area contributed by atoms with Crippen molar-refractivity contribution in [2.24, 2.45) is 16.4 Å². The second-order valence-corrected chi connectivity index (χ2v) is 6.82. The van der Waals surface area contributed by atoms with Crippen LogP contribution < -0.4 is 14.9 Å². The zero-order chi connectivity index (χ0) is 15.9. The highest BCUT2D eigenvalue weighted by molar-refractivity contribution is 6.15. The number of fused-ring (bicyclic) bond motifs is 1. The minimum atomic E-state index is -0.176. The topological polar surface area (TPSA) is 59.9 Å². The first-order valence-corrected chi connectivity index (χ1v) is 7.53. The largest absolute Gasteiger partial charge is 0.497 e. The zero-order valence-corrected chi connectivity index (χ0v) is 13.5. The van der Waals surface area contributed by atoms with E-state index in [4.69, 9.17) is 9.47 Å². The van der Waals surface area contributed by atoms with E-state index in [-0.39, 0.29) is 23.2 Å². The molecule has 1 fully saturated rings. The van der Waals surface area contributed by atoms with Crippen molar-refractivity contribution in [2.75, 3.05) is 14.2 Å². The first kappa shape index (κ1) is 14.9. The van der Waals surface area contributed by atoms with Crippen molar-refractivity contribution in [3.8, 4) is 11.5 Å². The number of benzene rings is 1. The van der Waals surface area contributed by atoms with Gasteiger partial charge in [0, 0.05) is 18.1 Å². The summed E-state index contributed by atoms with van der Waals surface area (Å²) in [5.41, 5.74) is 4.86. The Hall–Kier alpha value is -2.04. The molecule has 2 aliphatic rings. The van der Waals surface area contributed by atoms with E-state index in [1.54, 1.807) is 14.2 Å². The SMILES string of the molecule is COc1cc(OC)cc(C2=NN[C@H]3CC(C)(C)CC(=O)[C@H]23)c1. The van der Waals surface area contributed by atoms with Crippen LogP contribution in [0.5, 0.6) is 11.5 Å². The van der Waals surface area contributed by atoms with Crippen molar-refractivity contribution in [3.63, 3.8) is 0 Å². The van der Waals surface area contributed by atoms with Gasteiger partial charge < -0.3 is 14.9 Å². The number of carbonyl (C=O) groups is 1. The lowest BCUT2D eigenvalue weighted by Gasteiger charge is -2.36. The van der Waals surface area contributed by atoms with Crippen LogP contribution in [-0.2, 0) is 4.79 Å². The number of hydrogen-bond acceptors (Lipinski definition) is 5. The summed E-state index contributed by atoms with van der Waals surface area (Å²) in [6.07, 6.45) is 1.54. The van der Waals surface area contributed by atoms with Gasteiger partial charge >= 0.3 is 0 Å². The first-order chi connectivity index (χ1) is 10.4. The molecule has 0 spiro atoms. The van der Waals surface area contributed by atoms with Gasteiger partial charge in [-0.05, 0) is 24.0 Å². The molecule has 1 aliphatic heterocycles. The first-order valence-electron chi connectivity index (χ1n) is 7.53. The van der Waals surface area contributed by atoms with Crippen LogP contribution in [0.4, 0.5) is 0 Å². The lowest BCUT2D eigenvalue weighted by atomic mass is 9.68. The van der Waals surface area contributed by atoms with Crippen LogP contribution in [0, 0.1) is 11.3 Å². The number of ketones is 1. The Kier molecular flexibility index (Phi) is 3.59. The van der Waals surface area contributed by atoms with Crippen LogP contribution in [0.2, 0.25) is 0 Å². The summed E-state index contributed by atoms with van der Waals surface area (Å²) in [6.45, 7) is 4.27. The predicted molar refractivity (Wildman–Crippen MR) is 84.5 cm³/mol. The molecule has 0 radical (unpaired) electrons. The Morgan fingerprint density at radius 1 is 1.18 bits per heavy atom. The zero-order valence-electron chi connectivity index (χ0n) is 13.5. The normalized spacial score (nSPS) is 26.0. The monoisotopic (exact) mass is 302 g/mol. The number of rotatable bonds is 3. The highest BCUT2D eigenvalue weighted by Gasteiger charge is 2.46. The average molecular weight is 302 g/mol. The third-order valence-electron chi connectivity index (χ3n) is 4.47. The van der Waals surface area contributed by atoms with E-state index in [9.17, 15) is 4.79 Å². The summed E-state index contributed by atoms with van der Waals surface area (Å²) in [4.78, 5) is 12.6. The molecule has 1 aromatic carbocycles. The van der Waals surface area contributed by atoms with E-state index < -0.39 is 0 Å². The van der Waals surface area contributed by atoms with Gasteiger partial charge in [-0.3, -0.25) is 4.79 Å². The lowest BCUT2D eigenvalue weighted by molar-refractivity contribution is -0.126. The molecule has 1 saturated carbocycles. The second-order valence-electron chi connectivity index (χ2n) is 6.82. The summed E-state index contributed by atoms with van der Waals surface area (Å²) < 4.78 is 10.6. The Morgan fingerprint density at radius 3 is 2.41 bits per heavy atom. The van der Waals surface area contributed by atoms with Gasteiger partial charge in [0.25, 0.3) is 0 Å². The molecule has 1 aliphatic carbocycles. The number of nitrogens with one attached hydrogen (secondary N) is 1. The molecule has 1 N–H and O–H groups in total. The van der Waals surface area contributed by atoms with Gasteiger partial charge in [-0.1, -0.05) is 13.8 Å². The fourth-order valence-corrected chi connectivity index (χ4v) is 3.48. The molecule has 1 aromatic rings. The average Bonchev–Trinajstić information content (AvgIpc) is 2.89. The van der Waals surface area contributed by atoms with E-state index in [0.717, 1.165) is 17.7 Å². The van der Waals surface area contributed by atoms with Crippen LogP contribution in [-0.4, -0.2) is 31.8 Å². The fraction of sp³-hybridized carbons (Fsp3) is 0.529. The van der Waals surface area contributed by atoms with Gasteiger partial charge in [0.15, 0.2) is 0 Å². The van der Waals surface area contributed by atoms with Crippen molar-refractivity contribution >= 4 is 11.5 Å². The number of ether oxygens (including phenoxy) is 2. The minimum Gasteiger partial charge on any atom is -0.497 e. The Morgan fingerprint density at radius 2 is 1.82 bits per heavy atom. The third kappa shape index (κ3) is 2.56. The Bertz CT molecular complexity index is 615. The van der Waals surface area contributed by atoms with E-state index in [0.29, 0.717) is 17.9 Å². The van der Waals surface area contributed by atoms with Crippen LogP contribution in [0.15, 0.2) is 23.3 Å². The van der Waals surface area contributed by atoms with Crippen LogP contribution in [0.1, 0.15) is 32.3 Å². The van der Waals surface area contributed by atoms with Gasteiger partial charge in [0.1, 0.15) is 17.3 Å². The van der Waals surface area contributed by atoms with E-state index in [1.165, 1.54) is 0 Å². The molecule has 0 unspecified atom stereocenters. The van der Waals surface area contributed by atoms with Crippen molar-refractivity contribution in [2.45, 2.75) is 32.7 Å². The molecule has 3 rings (SSSR count). The highest BCUT2D eigenvalue weighted by atomic mass is 16.5. The number of carbonyl (C=O) groups excluding carboxylic acids is 1. The van der Waals surface area contributed by atoms with Gasteiger partial charge in [-0.15, -0.1) is 0 Å². The molecule has 5 nitrogen and oxygen atoms in total. The number of nitrogens with zero attached hydrogens (tertiary/aromatic N) is 1. The van der Waals surface area contributed by atoms with Gasteiger partial charge in [-0.2, -0.15) is 5.10 Å². The maximum Gasteiger partial charge on any atom is 0.144 e. The predicted octanol–water partition coefficient (Wildman–Crippen LogP) is 2.39. The maximum atomic E-state index is 12.6. The molecule has 0 bridgehead atoms. The van der Waals surface area contributed by atoms with E-state index in [2.05, 4.69) is 24.4 Å². The molecule has 118 valence electrons. The van der Waals surface area contributed by atoms with Crippen LogP contribution in [0.25, 0.3) is 0 Å². The minimum absolute atomic E-state index is 0.0300.